The van der Waals surface area contributed by atoms with Crippen LogP contribution < -0.4 is 10.5 Å². The molecule has 1 saturated heterocycles. The van der Waals surface area contributed by atoms with E-state index in [1.165, 1.54) is 0 Å². The van der Waals surface area contributed by atoms with E-state index in [1.54, 1.807) is 7.11 Å². The summed E-state index contributed by atoms with van der Waals surface area (Å²) in [6.45, 7) is 1.45. The summed E-state index contributed by atoms with van der Waals surface area (Å²) in [6, 6.07) is 15.4. The third kappa shape index (κ3) is 4.21. The van der Waals surface area contributed by atoms with Gasteiger partial charge in [-0.15, -0.1) is 0 Å². The molecule has 1 aliphatic rings. The molecular weight excluding hydrogens is 420 g/mol. The predicted octanol–water partition coefficient (Wildman–Crippen LogP) is 3.75. The monoisotopic (exact) mass is 446 g/mol. The number of fused-ring (bicyclic) bond motifs is 2. The number of rotatable bonds is 7. The second-order valence-corrected chi connectivity index (χ2v) is 8.13. The van der Waals surface area contributed by atoms with E-state index in [0.717, 1.165) is 29.7 Å². The van der Waals surface area contributed by atoms with Crippen LogP contribution in [0.5, 0.6) is 5.75 Å². The van der Waals surface area contributed by atoms with Crippen molar-refractivity contribution < 1.29 is 19.0 Å². The normalized spacial score (nSPS) is 15.8. The van der Waals surface area contributed by atoms with E-state index in [0.29, 0.717) is 42.1 Å². The predicted molar refractivity (Wildman–Crippen MR) is 125 cm³/mol. The smallest absolute Gasteiger partial charge is 0.344 e. The van der Waals surface area contributed by atoms with Gasteiger partial charge in [-0.05, 0) is 49.1 Å². The van der Waals surface area contributed by atoms with Crippen molar-refractivity contribution in [2.24, 2.45) is 0 Å². The number of nitrogens with two attached hydrogens (primary N) is 1. The Morgan fingerprint density at radius 2 is 1.91 bits per heavy atom. The molecule has 5 rings (SSSR count). The van der Waals surface area contributed by atoms with Crippen molar-refractivity contribution in [2.45, 2.75) is 31.9 Å². The molecule has 33 heavy (non-hydrogen) atoms. The van der Waals surface area contributed by atoms with Gasteiger partial charge in [0.25, 0.3) is 0 Å². The highest BCUT2D eigenvalue weighted by Crippen LogP contribution is 2.29. The highest BCUT2D eigenvalue weighted by molar-refractivity contribution is 6.08. The molecule has 8 nitrogen and oxygen atoms in total. The Bertz CT molecular complexity index is 1290. The number of esters is 1. The maximum Gasteiger partial charge on any atom is 0.344 e. The summed E-state index contributed by atoms with van der Waals surface area (Å²) in [5.74, 6) is 0.616. The van der Waals surface area contributed by atoms with Gasteiger partial charge in [0.05, 0.1) is 24.2 Å². The molecule has 2 aromatic heterocycles. The highest BCUT2D eigenvalue weighted by Gasteiger charge is 2.26. The van der Waals surface area contributed by atoms with E-state index in [9.17, 15) is 4.79 Å². The molecule has 3 heterocycles. The summed E-state index contributed by atoms with van der Waals surface area (Å²) >= 11 is 0. The lowest BCUT2D eigenvalue weighted by Gasteiger charge is -2.11. The number of nitrogen functional groups attached to an aromatic ring is 1. The molecule has 170 valence electrons. The number of aromatic nitrogens is 3. The van der Waals surface area contributed by atoms with Crippen molar-refractivity contribution in [3.8, 4) is 5.75 Å². The molecule has 1 fully saturated rings. The highest BCUT2D eigenvalue weighted by atomic mass is 16.6. The number of hydrogen-bond acceptors (Lipinski definition) is 7. The zero-order valence-electron chi connectivity index (χ0n) is 18.5. The van der Waals surface area contributed by atoms with E-state index in [4.69, 9.17) is 29.9 Å². The average molecular weight is 447 g/mol. The standard InChI is InChI=1S/C25H26N4O4/c1-31-17-10-8-16(9-11-17)12-13-29-23(26)21(25(30)33-15-18-5-4-14-32-18)22-24(29)28-20-7-3-2-6-19(20)27-22/h2-3,6-11,18H,4-5,12-15,26H2,1H3/t18-/m0/s1. The molecule has 0 aliphatic carbocycles. The molecule has 1 aliphatic heterocycles. The lowest BCUT2D eigenvalue weighted by molar-refractivity contribution is 0.0163. The number of ether oxygens (including phenoxy) is 3. The van der Waals surface area contributed by atoms with Crippen LogP contribution in [0.3, 0.4) is 0 Å². The van der Waals surface area contributed by atoms with Crippen molar-refractivity contribution in [3.05, 3.63) is 59.7 Å². The minimum absolute atomic E-state index is 0.0643. The van der Waals surface area contributed by atoms with Crippen LogP contribution in [0, 0.1) is 0 Å². The third-order valence-electron chi connectivity index (χ3n) is 6.00. The van der Waals surface area contributed by atoms with Gasteiger partial charge in [0, 0.05) is 13.2 Å². The van der Waals surface area contributed by atoms with E-state index < -0.39 is 5.97 Å². The first-order chi connectivity index (χ1) is 16.1. The van der Waals surface area contributed by atoms with Crippen LogP contribution in [-0.2, 0) is 22.4 Å². The largest absolute Gasteiger partial charge is 0.497 e. The van der Waals surface area contributed by atoms with Gasteiger partial charge in [0.1, 0.15) is 29.3 Å². The summed E-state index contributed by atoms with van der Waals surface area (Å²) in [5.41, 5.74) is 10.4. The van der Waals surface area contributed by atoms with Crippen molar-refractivity contribution in [3.63, 3.8) is 0 Å². The Morgan fingerprint density at radius 1 is 1.15 bits per heavy atom. The van der Waals surface area contributed by atoms with E-state index in [1.807, 2.05) is 53.1 Å². The van der Waals surface area contributed by atoms with Crippen LogP contribution in [0.1, 0.15) is 28.8 Å². The minimum Gasteiger partial charge on any atom is -0.497 e. The van der Waals surface area contributed by atoms with Gasteiger partial charge in [0.2, 0.25) is 0 Å². The molecule has 1 atom stereocenters. The van der Waals surface area contributed by atoms with E-state index >= 15 is 0 Å². The van der Waals surface area contributed by atoms with Gasteiger partial charge in [-0.2, -0.15) is 0 Å². The fraction of sp³-hybridized carbons (Fsp3) is 0.320. The van der Waals surface area contributed by atoms with Crippen LogP contribution in [0.4, 0.5) is 5.82 Å². The first-order valence-corrected chi connectivity index (χ1v) is 11.1. The average Bonchev–Trinajstić information content (AvgIpc) is 3.46. The van der Waals surface area contributed by atoms with Crippen LogP contribution in [0.25, 0.3) is 22.2 Å². The lowest BCUT2D eigenvalue weighted by atomic mass is 10.1. The number of carbonyl (C=O) groups excluding carboxylic acids is 1. The van der Waals surface area contributed by atoms with Gasteiger partial charge < -0.3 is 24.5 Å². The number of methoxy groups -OCH3 is 1. The lowest BCUT2D eigenvalue weighted by Crippen LogP contribution is -2.18. The van der Waals surface area contributed by atoms with Crippen molar-refractivity contribution in [1.82, 2.24) is 14.5 Å². The van der Waals surface area contributed by atoms with Crippen molar-refractivity contribution in [1.29, 1.82) is 0 Å². The van der Waals surface area contributed by atoms with Crippen LogP contribution in [-0.4, -0.2) is 46.9 Å². The van der Waals surface area contributed by atoms with E-state index in [2.05, 4.69) is 0 Å². The Balaban J connectivity index is 1.50. The molecule has 0 spiro atoms. The molecule has 2 aromatic carbocycles. The number of benzene rings is 2. The molecule has 0 bridgehead atoms. The third-order valence-corrected chi connectivity index (χ3v) is 6.00. The van der Waals surface area contributed by atoms with Gasteiger partial charge in [0.15, 0.2) is 5.65 Å². The van der Waals surface area contributed by atoms with Crippen LogP contribution >= 0.6 is 0 Å². The Hall–Kier alpha value is -3.65. The molecule has 0 saturated carbocycles. The molecule has 8 heteroatoms. The number of aryl methyl sites for hydroxylation is 2. The number of nitrogens with zero attached hydrogens (tertiary/aromatic N) is 3. The first-order valence-electron chi connectivity index (χ1n) is 11.1. The van der Waals surface area contributed by atoms with Crippen LogP contribution in [0.15, 0.2) is 48.5 Å². The first kappa shape index (κ1) is 21.2. The fourth-order valence-electron chi connectivity index (χ4n) is 4.19. The number of para-hydroxylation sites is 2. The maximum absolute atomic E-state index is 13.1. The quantitative estimate of drug-likeness (QED) is 0.431. The molecule has 0 unspecified atom stereocenters. The zero-order chi connectivity index (χ0) is 22.8. The number of anilines is 1. The Morgan fingerprint density at radius 3 is 2.61 bits per heavy atom. The summed E-state index contributed by atoms with van der Waals surface area (Å²) in [6.07, 6.45) is 2.51. The number of hydrogen-bond donors (Lipinski definition) is 1. The molecule has 0 radical (unpaired) electrons. The SMILES string of the molecule is COc1ccc(CCn2c(N)c(C(=O)OC[C@@H]3CCCO3)c3nc4ccccc4nc32)cc1. The molecule has 0 amide bonds. The maximum atomic E-state index is 13.1. The second-order valence-electron chi connectivity index (χ2n) is 8.13. The topological polar surface area (TPSA) is 101 Å². The van der Waals surface area contributed by atoms with Crippen molar-refractivity contribution >= 4 is 34.0 Å². The van der Waals surface area contributed by atoms with Crippen molar-refractivity contribution in [2.75, 3.05) is 26.1 Å². The van der Waals surface area contributed by atoms with E-state index in [-0.39, 0.29) is 18.3 Å². The zero-order valence-corrected chi connectivity index (χ0v) is 18.5. The number of carbonyl (C=O) groups is 1. The molecular formula is C25H26N4O4. The van der Waals surface area contributed by atoms with Crippen LogP contribution in [0.2, 0.25) is 0 Å². The minimum atomic E-state index is -0.499. The molecule has 2 N–H and O–H groups in total. The summed E-state index contributed by atoms with van der Waals surface area (Å²) in [7, 11) is 1.64. The van der Waals surface area contributed by atoms with Gasteiger partial charge >= 0.3 is 5.97 Å². The summed E-state index contributed by atoms with van der Waals surface area (Å²) < 4.78 is 18.2. The van der Waals surface area contributed by atoms with Gasteiger partial charge in [-0.25, -0.2) is 14.8 Å². The summed E-state index contributed by atoms with van der Waals surface area (Å²) in [5, 5.41) is 0. The second kappa shape index (κ2) is 9.07. The van der Waals surface area contributed by atoms with Gasteiger partial charge in [-0.3, -0.25) is 0 Å². The molecule has 4 aromatic rings. The summed E-state index contributed by atoms with van der Waals surface area (Å²) in [4.78, 5) is 22.6. The Kier molecular flexibility index (Phi) is 5.83. The van der Waals surface area contributed by atoms with Gasteiger partial charge in [-0.1, -0.05) is 24.3 Å². The Labute approximate surface area is 191 Å². The fourth-order valence-corrected chi connectivity index (χ4v) is 4.19.